The van der Waals surface area contributed by atoms with Crippen LogP contribution in [0.2, 0.25) is 0 Å². The van der Waals surface area contributed by atoms with Crippen molar-refractivity contribution in [3.63, 3.8) is 0 Å². The van der Waals surface area contributed by atoms with E-state index < -0.39 is 29.7 Å². The Morgan fingerprint density at radius 2 is 1.51 bits per heavy atom. The standard InChI is InChI=1S/C28H34F2N10O3/c29-22-6-5-20(9-23(22)30)34-25(43)10-24(42)15-1-3-19(4-2-15)35-26-36-27(39-11-16(31)7-17(32)12-39)38-28(37-26)40-13-18(33)8-21(40)14-41/h1-6,9,16-18,21,41H,7-8,10-14,31-33H2,(H,34,43)(H,35,36,37,38)/t16-,17+,18-,21-/m0/s1. The van der Waals surface area contributed by atoms with Gasteiger partial charge in [-0.2, -0.15) is 15.0 Å². The molecule has 15 heteroatoms. The van der Waals surface area contributed by atoms with Crippen molar-refractivity contribution < 1.29 is 23.5 Å². The molecule has 0 saturated carbocycles. The zero-order valence-corrected chi connectivity index (χ0v) is 23.3. The molecule has 1 aromatic heterocycles. The Morgan fingerprint density at radius 1 is 0.860 bits per heavy atom. The van der Waals surface area contributed by atoms with Crippen molar-refractivity contribution in [1.29, 1.82) is 0 Å². The number of anilines is 5. The number of hydrogen-bond acceptors (Lipinski definition) is 12. The summed E-state index contributed by atoms with van der Waals surface area (Å²) in [5.74, 6) is -2.31. The smallest absolute Gasteiger partial charge is 0.233 e. The van der Waals surface area contributed by atoms with E-state index in [9.17, 15) is 23.5 Å². The summed E-state index contributed by atoms with van der Waals surface area (Å²) in [6.07, 6.45) is 0.786. The average molecular weight is 597 g/mol. The van der Waals surface area contributed by atoms with E-state index >= 15 is 0 Å². The molecule has 43 heavy (non-hydrogen) atoms. The minimum Gasteiger partial charge on any atom is -0.394 e. The lowest BCUT2D eigenvalue weighted by molar-refractivity contribution is -0.115. The van der Waals surface area contributed by atoms with Crippen LogP contribution in [0.3, 0.4) is 0 Å². The number of Topliss-reactive ketones (excluding diaryl/α,β-unsaturated/α-hetero) is 1. The minimum absolute atomic E-state index is 0.0436. The molecule has 9 N–H and O–H groups in total. The Balaban J connectivity index is 1.31. The maximum Gasteiger partial charge on any atom is 0.233 e. The molecular weight excluding hydrogens is 562 g/mol. The van der Waals surface area contributed by atoms with Gasteiger partial charge in [0, 0.05) is 60.8 Å². The highest BCUT2D eigenvalue weighted by Crippen LogP contribution is 2.27. The Hall–Kier alpha value is -4.31. The van der Waals surface area contributed by atoms with Gasteiger partial charge in [0.05, 0.1) is 19.1 Å². The summed E-state index contributed by atoms with van der Waals surface area (Å²) < 4.78 is 26.5. The van der Waals surface area contributed by atoms with E-state index in [2.05, 4.69) is 25.6 Å². The number of hydrogen-bond donors (Lipinski definition) is 6. The lowest BCUT2D eigenvalue weighted by Crippen LogP contribution is -2.53. The summed E-state index contributed by atoms with van der Waals surface area (Å²) in [6, 6.07) is 8.62. The molecule has 0 bridgehead atoms. The molecular formula is C28H34F2N10O3. The number of carbonyl (C=O) groups is 2. The van der Waals surface area contributed by atoms with Gasteiger partial charge in [0.1, 0.15) is 0 Å². The zero-order chi connectivity index (χ0) is 30.7. The van der Waals surface area contributed by atoms with Crippen molar-refractivity contribution in [2.45, 2.75) is 43.4 Å². The third-order valence-corrected chi connectivity index (χ3v) is 7.31. The second-order valence-corrected chi connectivity index (χ2v) is 10.9. The maximum atomic E-state index is 13.4. The van der Waals surface area contributed by atoms with Crippen molar-refractivity contribution in [3.8, 4) is 0 Å². The molecule has 2 aliphatic rings. The monoisotopic (exact) mass is 596 g/mol. The van der Waals surface area contributed by atoms with Gasteiger partial charge in [-0.3, -0.25) is 9.59 Å². The number of aliphatic hydroxyl groups is 1. The number of benzene rings is 2. The van der Waals surface area contributed by atoms with Gasteiger partial charge in [-0.05, 0) is 49.2 Å². The van der Waals surface area contributed by atoms with E-state index in [-0.39, 0.29) is 48.0 Å². The number of amides is 1. The molecule has 2 saturated heterocycles. The molecule has 0 spiro atoms. The minimum atomic E-state index is -1.11. The molecule has 4 atom stereocenters. The second-order valence-electron chi connectivity index (χ2n) is 10.9. The van der Waals surface area contributed by atoms with Gasteiger partial charge in [-0.15, -0.1) is 0 Å². The SMILES string of the molecule is N[C@@H]1C[C@H](N)CN(c2nc(Nc3ccc(C(=O)CC(=O)Nc4ccc(F)c(F)c4)cc3)nc(N3C[C@@H](N)C[C@H]3CO)n2)C1. The quantitative estimate of drug-likeness (QED) is 0.151. The van der Waals surface area contributed by atoms with Crippen LogP contribution in [0.4, 0.5) is 38.0 Å². The first-order valence-corrected chi connectivity index (χ1v) is 13.9. The van der Waals surface area contributed by atoms with Crippen molar-refractivity contribution in [2.24, 2.45) is 17.2 Å². The molecule has 13 nitrogen and oxygen atoms in total. The fraction of sp³-hybridized carbons (Fsp3) is 0.393. The summed E-state index contributed by atoms with van der Waals surface area (Å²) in [6.45, 7) is 1.39. The first kappa shape index (κ1) is 30.2. The zero-order valence-electron chi connectivity index (χ0n) is 23.3. The van der Waals surface area contributed by atoms with Crippen LogP contribution in [0, 0.1) is 11.6 Å². The molecule has 0 aliphatic carbocycles. The molecule has 5 rings (SSSR count). The predicted molar refractivity (Wildman–Crippen MR) is 157 cm³/mol. The lowest BCUT2D eigenvalue weighted by Gasteiger charge is -2.35. The number of ketones is 1. The second kappa shape index (κ2) is 12.9. The molecule has 3 heterocycles. The molecule has 3 aromatic rings. The van der Waals surface area contributed by atoms with Crippen LogP contribution in [0.25, 0.3) is 0 Å². The highest BCUT2D eigenvalue weighted by atomic mass is 19.2. The Bertz CT molecular complexity index is 1470. The average Bonchev–Trinajstić information content (AvgIpc) is 3.35. The van der Waals surface area contributed by atoms with Crippen LogP contribution in [0.15, 0.2) is 42.5 Å². The molecule has 0 radical (unpaired) electrons. The third kappa shape index (κ3) is 7.37. The molecule has 2 aromatic carbocycles. The van der Waals surface area contributed by atoms with Crippen LogP contribution < -0.4 is 37.6 Å². The molecule has 2 fully saturated rings. The van der Waals surface area contributed by atoms with E-state index in [1.54, 1.807) is 24.3 Å². The van der Waals surface area contributed by atoms with E-state index in [0.717, 1.165) is 12.1 Å². The van der Waals surface area contributed by atoms with Gasteiger partial charge in [0.25, 0.3) is 0 Å². The number of nitrogens with one attached hydrogen (secondary N) is 2. The van der Waals surface area contributed by atoms with Gasteiger partial charge >= 0.3 is 0 Å². The van der Waals surface area contributed by atoms with E-state index in [1.165, 1.54) is 6.07 Å². The Kier molecular flexibility index (Phi) is 9.05. The largest absolute Gasteiger partial charge is 0.394 e. The van der Waals surface area contributed by atoms with Crippen LogP contribution >= 0.6 is 0 Å². The normalized spacial score (nSPS) is 22.0. The number of piperidine rings is 1. The van der Waals surface area contributed by atoms with Gasteiger partial charge in [0.2, 0.25) is 23.8 Å². The van der Waals surface area contributed by atoms with E-state index in [4.69, 9.17) is 17.2 Å². The fourth-order valence-electron chi connectivity index (χ4n) is 5.29. The van der Waals surface area contributed by atoms with Crippen LogP contribution in [-0.4, -0.2) is 82.2 Å². The van der Waals surface area contributed by atoms with Crippen LogP contribution in [0.5, 0.6) is 0 Å². The van der Waals surface area contributed by atoms with E-state index in [0.29, 0.717) is 50.1 Å². The van der Waals surface area contributed by atoms with E-state index in [1.807, 2.05) is 9.80 Å². The molecule has 228 valence electrons. The van der Waals surface area contributed by atoms with Crippen molar-refractivity contribution in [3.05, 3.63) is 59.7 Å². The van der Waals surface area contributed by atoms with Crippen LogP contribution in [0.1, 0.15) is 29.6 Å². The van der Waals surface area contributed by atoms with Gasteiger partial charge < -0.3 is 42.7 Å². The van der Waals surface area contributed by atoms with Crippen LogP contribution in [-0.2, 0) is 4.79 Å². The fourth-order valence-corrected chi connectivity index (χ4v) is 5.29. The predicted octanol–water partition coefficient (Wildman–Crippen LogP) is 0.868. The summed E-state index contributed by atoms with van der Waals surface area (Å²) in [4.78, 5) is 42.6. The summed E-state index contributed by atoms with van der Waals surface area (Å²) in [5, 5.41) is 15.4. The van der Waals surface area contributed by atoms with Crippen molar-refractivity contribution in [2.75, 3.05) is 46.7 Å². The maximum absolute atomic E-state index is 13.4. The number of carbonyl (C=O) groups excluding carboxylic acids is 2. The van der Waals surface area contributed by atoms with Gasteiger partial charge in [0.15, 0.2) is 17.4 Å². The summed E-state index contributed by atoms with van der Waals surface area (Å²) >= 11 is 0. The Morgan fingerprint density at radius 3 is 2.19 bits per heavy atom. The number of nitrogens with zero attached hydrogens (tertiary/aromatic N) is 5. The highest BCUT2D eigenvalue weighted by molar-refractivity contribution is 6.11. The first-order valence-electron chi connectivity index (χ1n) is 13.9. The van der Waals surface area contributed by atoms with Crippen molar-refractivity contribution >= 4 is 40.9 Å². The van der Waals surface area contributed by atoms with Gasteiger partial charge in [-0.1, -0.05) is 0 Å². The Labute approximate surface area is 246 Å². The number of nitrogens with two attached hydrogens (primary N) is 3. The van der Waals surface area contributed by atoms with Crippen molar-refractivity contribution in [1.82, 2.24) is 15.0 Å². The van der Waals surface area contributed by atoms with Gasteiger partial charge in [-0.25, -0.2) is 8.78 Å². The number of rotatable bonds is 9. The summed E-state index contributed by atoms with van der Waals surface area (Å²) in [7, 11) is 0. The molecule has 0 unspecified atom stereocenters. The lowest BCUT2D eigenvalue weighted by atomic mass is 10.0. The topological polar surface area (TPSA) is 202 Å². The molecule has 1 amide bonds. The number of aliphatic hydroxyl groups excluding tert-OH is 1. The summed E-state index contributed by atoms with van der Waals surface area (Å²) in [5.41, 5.74) is 19.5. The molecule has 2 aliphatic heterocycles. The first-order chi connectivity index (χ1) is 20.6. The number of halogens is 2. The highest BCUT2D eigenvalue weighted by Gasteiger charge is 2.33. The number of aromatic nitrogens is 3. The third-order valence-electron chi connectivity index (χ3n) is 7.31.